The normalized spacial score (nSPS) is 10.5. The van der Waals surface area contributed by atoms with Crippen LogP contribution < -0.4 is 0 Å². The van der Waals surface area contributed by atoms with Crippen molar-refractivity contribution in [2.24, 2.45) is 0 Å². The molecule has 0 aliphatic carbocycles. The van der Waals surface area contributed by atoms with E-state index >= 15 is 0 Å². The van der Waals surface area contributed by atoms with Crippen LogP contribution in [0.25, 0.3) is 5.69 Å². The summed E-state index contributed by atoms with van der Waals surface area (Å²) in [4.78, 5) is 21.0. The Morgan fingerprint density at radius 3 is 2.63 bits per heavy atom. The van der Waals surface area contributed by atoms with Crippen molar-refractivity contribution >= 4 is 17.7 Å². The average Bonchev–Trinajstić information content (AvgIpc) is 2.94. The van der Waals surface area contributed by atoms with E-state index in [1.807, 2.05) is 29.2 Å². The molecule has 0 saturated heterocycles. The first-order valence-electron chi connectivity index (χ1n) is 5.67. The van der Waals surface area contributed by atoms with Gasteiger partial charge in [-0.3, -0.25) is 14.2 Å². The molecule has 2 rings (SSSR count). The van der Waals surface area contributed by atoms with Gasteiger partial charge in [-0.15, -0.1) is 0 Å². The van der Waals surface area contributed by atoms with E-state index in [4.69, 9.17) is 4.84 Å². The lowest BCUT2D eigenvalue weighted by Crippen LogP contribution is -2.25. The van der Waals surface area contributed by atoms with Crippen LogP contribution >= 0.6 is 11.8 Å². The average molecular weight is 277 g/mol. The second-order valence-electron chi connectivity index (χ2n) is 3.82. The molecular formula is C13H15N3O2S. The van der Waals surface area contributed by atoms with Crippen molar-refractivity contribution in [3.63, 3.8) is 0 Å². The second kappa shape index (κ2) is 5.90. The lowest BCUT2D eigenvalue weighted by atomic mass is 10.2. The summed E-state index contributed by atoms with van der Waals surface area (Å²) in [6.07, 6.45) is 5.62. The Kier molecular flexibility index (Phi) is 4.24. The summed E-state index contributed by atoms with van der Waals surface area (Å²) >= 11 is 1.57. The van der Waals surface area contributed by atoms with Gasteiger partial charge in [0.2, 0.25) is 0 Å². The van der Waals surface area contributed by atoms with Crippen LogP contribution in [0.5, 0.6) is 0 Å². The molecule has 1 aromatic carbocycles. The van der Waals surface area contributed by atoms with Crippen molar-refractivity contribution in [1.29, 1.82) is 0 Å². The van der Waals surface area contributed by atoms with Gasteiger partial charge >= 0.3 is 0 Å². The maximum absolute atomic E-state index is 11.9. The molecule has 1 heterocycles. The largest absolute Gasteiger partial charge is 0.295 e. The quantitative estimate of drug-likeness (QED) is 0.635. The molecular weight excluding hydrogens is 262 g/mol. The summed E-state index contributed by atoms with van der Waals surface area (Å²) in [6.45, 7) is 0. The number of nitrogens with zero attached hydrogens (tertiary/aromatic N) is 3. The summed E-state index contributed by atoms with van der Waals surface area (Å²) in [6, 6.07) is 7.32. The molecule has 100 valence electrons. The van der Waals surface area contributed by atoms with E-state index in [2.05, 4.69) is 4.98 Å². The van der Waals surface area contributed by atoms with E-state index in [1.54, 1.807) is 37.1 Å². The molecule has 0 bridgehead atoms. The molecule has 0 atom stereocenters. The predicted octanol–water partition coefficient (Wildman–Crippen LogP) is 2.23. The number of benzene rings is 1. The van der Waals surface area contributed by atoms with E-state index in [0.29, 0.717) is 5.56 Å². The number of hydrogen-bond acceptors (Lipinski definition) is 4. The Bertz CT molecular complexity index is 566. The first-order valence-corrected chi connectivity index (χ1v) is 6.89. The zero-order valence-corrected chi connectivity index (χ0v) is 11.8. The fraction of sp³-hybridized carbons (Fsp3) is 0.231. The van der Waals surface area contributed by atoms with Gasteiger partial charge in [-0.05, 0) is 30.5 Å². The molecule has 0 N–H and O–H groups in total. The minimum Gasteiger partial charge on any atom is -0.295 e. The van der Waals surface area contributed by atoms with Gasteiger partial charge in [0.05, 0.1) is 7.11 Å². The highest BCUT2D eigenvalue weighted by Gasteiger charge is 2.11. The molecule has 0 aliphatic rings. The van der Waals surface area contributed by atoms with E-state index in [1.165, 1.54) is 12.2 Å². The van der Waals surface area contributed by atoms with E-state index < -0.39 is 0 Å². The van der Waals surface area contributed by atoms with Gasteiger partial charge in [-0.2, -0.15) is 0 Å². The molecule has 0 spiro atoms. The lowest BCUT2D eigenvalue weighted by molar-refractivity contribution is -0.0756. The van der Waals surface area contributed by atoms with Crippen molar-refractivity contribution in [1.82, 2.24) is 14.6 Å². The third-order valence-corrected chi connectivity index (χ3v) is 3.41. The number of thioether (sulfide) groups is 1. The number of rotatable bonds is 4. The molecule has 1 aromatic heterocycles. The van der Waals surface area contributed by atoms with Gasteiger partial charge in [0.25, 0.3) is 5.91 Å². The van der Waals surface area contributed by atoms with Gasteiger partial charge < -0.3 is 0 Å². The topological polar surface area (TPSA) is 47.4 Å². The van der Waals surface area contributed by atoms with Crippen molar-refractivity contribution in [3.05, 3.63) is 42.2 Å². The van der Waals surface area contributed by atoms with E-state index in [9.17, 15) is 4.79 Å². The third kappa shape index (κ3) is 2.80. The molecule has 0 radical (unpaired) electrons. The van der Waals surface area contributed by atoms with Crippen LogP contribution in [-0.2, 0) is 4.84 Å². The number of amides is 1. The SMILES string of the molecule is CON(C)C(=O)c1ccc(-n2ccnc2SC)cc1. The lowest BCUT2D eigenvalue weighted by Gasteiger charge is -2.14. The maximum Gasteiger partial charge on any atom is 0.277 e. The van der Waals surface area contributed by atoms with Crippen LogP contribution in [0.3, 0.4) is 0 Å². The smallest absolute Gasteiger partial charge is 0.277 e. The molecule has 0 unspecified atom stereocenters. The molecule has 0 aliphatic heterocycles. The predicted molar refractivity (Wildman–Crippen MR) is 74.4 cm³/mol. The van der Waals surface area contributed by atoms with Crippen molar-refractivity contribution < 1.29 is 9.63 Å². The highest BCUT2D eigenvalue weighted by molar-refractivity contribution is 7.98. The van der Waals surface area contributed by atoms with Crippen LogP contribution in [0.15, 0.2) is 41.8 Å². The monoisotopic (exact) mass is 277 g/mol. The molecule has 19 heavy (non-hydrogen) atoms. The Labute approximate surface area is 116 Å². The minimum atomic E-state index is -0.176. The zero-order chi connectivity index (χ0) is 13.8. The van der Waals surface area contributed by atoms with Crippen LogP contribution in [-0.4, -0.2) is 40.9 Å². The number of hydrogen-bond donors (Lipinski definition) is 0. The fourth-order valence-corrected chi connectivity index (χ4v) is 2.20. The van der Waals surface area contributed by atoms with Crippen molar-refractivity contribution in [3.8, 4) is 5.69 Å². The first-order chi connectivity index (χ1) is 9.17. The maximum atomic E-state index is 11.9. The Morgan fingerprint density at radius 2 is 2.05 bits per heavy atom. The van der Waals surface area contributed by atoms with E-state index in [-0.39, 0.29) is 5.91 Å². The molecule has 0 saturated carbocycles. The Balaban J connectivity index is 2.26. The number of imidazole rings is 1. The highest BCUT2D eigenvalue weighted by Crippen LogP contribution is 2.18. The van der Waals surface area contributed by atoms with Crippen molar-refractivity contribution in [2.75, 3.05) is 20.4 Å². The number of aromatic nitrogens is 2. The zero-order valence-electron chi connectivity index (χ0n) is 11.0. The second-order valence-corrected chi connectivity index (χ2v) is 4.59. The molecule has 6 heteroatoms. The van der Waals surface area contributed by atoms with Crippen LogP contribution in [0.4, 0.5) is 0 Å². The Morgan fingerprint density at radius 1 is 1.37 bits per heavy atom. The van der Waals surface area contributed by atoms with E-state index in [0.717, 1.165) is 10.8 Å². The first kappa shape index (κ1) is 13.6. The highest BCUT2D eigenvalue weighted by atomic mass is 32.2. The summed E-state index contributed by atoms with van der Waals surface area (Å²) in [5.74, 6) is -0.176. The van der Waals surface area contributed by atoms with Gasteiger partial charge in [0, 0.05) is 30.7 Å². The van der Waals surface area contributed by atoms with Gasteiger partial charge in [0.15, 0.2) is 5.16 Å². The number of carbonyl (C=O) groups excluding carboxylic acids is 1. The van der Waals surface area contributed by atoms with Crippen LogP contribution in [0, 0.1) is 0 Å². The third-order valence-electron chi connectivity index (χ3n) is 2.74. The molecule has 1 amide bonds. The van der Waals surface area contributed by atoms with Gasteiger partial charge in [0.1, 0.15) is 0 Å². The summed E-state index contributed by atoms with van der Waals surface area (Å²) in [5.41, 5.74) is 1.55. The van der Waals surface area contributed by atoms with Crippen molar-refractivity contribution in [2.45, 2.75) is 5.16 Å². The summed E-state index contributed by atoms with van der Waals surface area (Å²) in [5, 5.41) is 2.10. The number of hydroxylamine groups is 2. The van der Waals surface area contributed by atoms with Gasteiger partial charge in [-0.25, -0.2) is 10.0 Å². The number of carbonyl (C=O) groups is 1. The molecule has 5 nitrogen and oxygen atoms in total. The summed E-state index contributed by atoms with van der Waals surface area (Å²) < 4.78 is 1.97. The van der Waals surface area contributed by atoms with Crippen LogP contribution in [0.2, 0.25) is 0 Å². The molecule has 0 fully saturated rings. The standard InChI is InChI=1S/C13H15N3O2S/c1-15(18-2)12(17)10-4-6-11(7-5-10)16-9-8-14-13(16)19-3/h4-9H,1-3H3. The Hall–Kier alpha value is -1.79. The summed E-state index contributed by atoms with van der Waals surface area (Å²) in [7, 11) is 3.04. The van der Waals surface area contributed by atoms with Crippen LogP contribution in [0.1, 0.15) is 10.4 Å². The minimum absolute atomic E-state index is 0.176. The fourth-order valence-electron chi connectivity index (χ4n) is 1.67. The molecule has 2 aromatic rings. The van der Waals surface area contributed by atoms with Gasteiger partial charge in [-0.1, -0.05) is 11.8 Å².